The van der Waals surface area contributed by atoms with Gasteiger partial charge in [-0.05, 0) is 25.1 Å². The molecule has 0 spiro atoms. The van der Waals surface area contributed by atoms with Crippen LogP contribution in [0.25, 0.3) is 0 Å². The van der Waals surface area contributed by atoms with E-state index in [0.29, 0.717) is 10.8 Å². The highest BCUT2D eigenvalue weighted by Crippen LogP contribution is 2.24. The largest absolute Gasteiger partial charge is 0.388 e. The lowest BCUT2D eigenvalue weighted by molar-refractivity contribution is 0.0949. The molecule has 3 N–H and O–H groups in total. The average Bonchev–Trinajstić information content (AvgIpc) is 2.15. The highest BCUT2D eigenvalue weighted by atomic mass is 35.5. The van der Waals surface area contributed by atoms with E-state index in [0.717, 1.165) is 4.90 Å². The Labute approximate surface area is 93.5 Å². The third-order valence-corrected chi connectivity index (χ3v) is 3.37. The zero-order chi connectivity index (χ0) is 10.6. The summed E-state index contributed by atoms with van der Waals surface area (Å²) in [4.78, 5) is 1.05. The molecule has 0 aromatic heterocycles. The number of rotatable bonds is 4. The third-order valence-electron chi connectivity index (χ3n) is 1.79. The summed E-state index contributed by atoms with van der Waals surface area (Å²) < 4.78 is 0. The van der Waals surface area contributed by atoms with Crippen LogP contribution in [0.1, 0.15) is 6.92 Å². The van der Waals surface area contributed by atoms with Crippen LogP contribution >= 0.6 is 23.4 Å². The maximum Gasteiger partial charge on any atom is 0.0834 e. The molecule has 0 saturated heterocycles. The molecule has 1 aromatic rings. The van der Waals surface area contributed by atoms with Crippen LogP contribution in [-0.2, 0) is 0 Å². The summed E-state index contributed by atoms with van der Waals surface area (Å²) in [6, 6.07) is 7.55. The van der Waals surface area contributed by atoms with E-state index in [9.17, 15) is 5.11 Å². The van der Waals surface area contributed by atoms with Gasteiger partial charge in [0.1, 0.15) is 0 Å². The van der Waals surface area contributed by atoms with Gasteiger partial charge in [0.2, 0.25) is 0 Å². The lowest BCUT2D eigenvalue weighted by atomic mass is 10.1. The smallest absolute Gasteiger partial charge is 0.0834 e. The zero-order valence-electron chi connectivity index (χ0n) is 8.03. The van der Waals surface area contributed by atoms with Crippen LogP contribution in [0.3, 0.4) is 0 Å². The van der Waals surface area contributed by atoms with Gasteiger partial charge in [-0.1, -0.05) is 17.7 Å². The van der Waals surface area contributed by atoms with Crippen LogP contribution in [0.15, 0.2) is 29.2 Å². The fourth-order valence-electron chi connectivity index (χ4n) is 0.855. The van der Waals surface area contributed by atoms with Crippen molar-refractivity contribution >= 4 is 23.4 Å². The quantitative estimate of drug-likeness (QED) is 0.781. The maximum atomic E-state index is 9.67. The number of hydrogen-bond acceptors (Lipinski definition) is 3. The normalized spacial score (nSPS) is 15.1. The van der Waals surface area contributed by atoms with E-state index < -0.39 is 5.60 Å². The van der Waals surface area contributed by atoms with Gasteiger partial charge in [0.15, 0.2) is 0 Å². The Morgan fingerprint density at radius 3 is 2.86 bits per heavy atom. The SMILES string of the molecule is CC(O)(CN)CSc1cccc(Cl)c1. The second-order valence-electron chi connectivity index (χ2n) is 3.45. The van der Waals surface area contributed by atoms with Gasteiger partial charge in [0.05, 0.1) is 5.60 Å². The van der Waals surface area contributed by atoms with Crippen LogP contribution in [-0.4, -0.2) is 23.0 Å². The van der Waals surface area contributed by atoms with Crippen LogP contribution in [0, 0.1) is 0 Å². The molecule has 0 radical (unpaired) electrons. The van der Waals surface area contributed by atoms with Gasteiger partial charge in [-0.2, -0.15) is 0 Å². The van der Waals surface area contributed by atoms with Gasteiger partial charge in [-0.15, -0.1) is 11.8 Å². The van der Waals surface area contributed by atoms with Gasteiger partial charge in [-0.25, -0.2) is 0 Å². The number of thioether (sulfide) groups is 1. The second-order valence-corrected chi connectivity index (χ2v) is 4.93. The van der Waals surface area contributed by atoms with Crippen molar-refractivity contribution in [1.82, 2.24) is 0 Å². The van der Waals surface area contributed by atoms with E-state index in [1.807, 2.05) is 24.3 Å². The van der Waals surface area contributed by atoms with Crippen molar-refractivity contribution in [1.29, 1.82) is 0 Å². The van der Waals surface area contributed by atoms with Crippen molar-refractivity contribution in [2.45, 2.75) is 17.4 Å². The average molecular weight is 232 g/mol. The molecule has 4 heteroatoms. The molecule has 0 heterocycles. The Morgan fingerprint density at radius 1 is 1.57 bits per heavy atom. The Balaban J connectivity index is 2.54. The summed E-state index contributed by atoms with van der Waals surface area (Å²) in [7, 11) is 0. The van der Waals surface area contributed by atoms with Crippen molar-refractivity contribution in [2.24, 2.45) is 5.73 Å². The van der Waals surface area contributed by atoms with E-state index in [2.05, 4.69) is 0 Å². The summed E-state index contributed by atoms with van der Waals surface area (Å²) in [5.74, 6) is 0.573. The predicted molar refractivity (Wildman–Crippen MR) is 61.9 cm³/mol. The van der Waals surface area contributed by atoms with Gasteiger partial charge >= 0.3 is 0 Å². The maximum absolute atomic E-state index is 9.67. The molecule has 1 aromatic carbocycles. The van der Waals surface area contributed by atoms with Gasteiger partial charge in [-0.3, -0.25) is 0 Å². The predicted octanol–water partition coefficient (Wildman–Crippen LogP) is 2.14. The lowest BCUT2D eigenvalue weighted by Gasteiger charge is -2.20. The zero-order valence-corrected chi connectivity index (χ0v) is 9.61. The number of halogens is 1. The second kappa shape index (κ2) is 5.03. The number of hydrogen-bond donors (Lipinski definition) is 2. The Kier molecular flexibility index (Phi) is 4.26. The van der Waals surface area contributed by atoms with E-state index >= 15 is 0 Å². The topological polar surface area (TPSA) is 46.2 Å². The molecule has 14 heavy (non-hydrogen) atoms. The van der Waals surface area contributed by atoms with Gasteiger partial charge < -0.3 is 10.8 Å². The molecule has 0 aliphatic heterocycles. The molecule has 0 fully saturated rings. The summed E-state index contributed by atoms with van der Waals surface area (Å²) in [6.45, 7) is 1.99. The first-order valence-corrected chi connectivity index (χ1v) is 5.71. The lowest BCUT2D eigenvalue weighted by Crippen LogP contribution is -2.36. The van der Waals surface area contributed by atoms with E-state index in [1.54, 1.807) is 18.7 Å². The molecule has 1 unspecified atom stereocenters. The first-order valence-electron chi connectivity index (χ1n) is 4.34. The molecular weight excluding hydrogens is 218 g/mol. The first-order chi connectivity index (χ1) is 6.53. The number of aliphatic hydroxyl groups is 1. The molecule has 0 saturated carbocycles. The molecule has 0 aliphatic rings. The minimum atomic E-state index is -0.813. The van der Waals surface area contributed by atoms with Crippen LogP contribution in [0.2, 0.25) is 5.02 Å². The van der Waals surface area contributed by atoms with Crippen molar-refractivity contribution < 1.29 is 5.11 Å². The highest BCUT2D eigenvalue weighted by Gasteiger charge is 2.17. The van der Waals surface area contributed by atoms with E-state index in [-0.39, 0.29) is 6.54 Å². The van der Waals surface area contributed by atoms with Gasteiger partial charge in [0.25, 0.3) is 0 Å². The fourth-order valence-corrected chi connectivity index (χ4v) is 2.09. The Hall–Kier alpha value is -0.220. The summed E-state index contributed by atoms with van der Waals surface area (Å²) in [5, 5.41) is 10.4. The highest BCUT2D eigenvalue weighted by molar-refractivity contribution is 7.99. The minimum absolute atomic E-state index is 0.264. The van der Waals surface area contributed by atoms with Crippen molar-refractivity contribution in [3.63, 3.8) is 0 Å². The Morgan fingerprint density at radius 2 is 2.29 bits per heavy atom. The summed E-state index contributed by atoms with van der Waals surface area (Å²) >= 11 is 7.38. The molecule has 1 atom stereocenters. The third kappa shape index (κ3) is 3.88. The standard InChI is InChI=1S/C10H14ClNOS/c1-10(13,6-12)7-14-9-4-2-3-8(11)5-9/h2-5,13H,6-7,12H2,1H3. The van der Waals surface area contributed by atoms with Crippen LogP contribution in [0.4, 0.5) is 0 Å². The molecule has 0 aliphatic carbocycles. The monoisotopic (exact) mass is 231 g/mol. The molecule has 1 rings (SSSR count). The number of benzene rings is 1. The fraction of sp³-hybridized carbons (Fsp3) is 0.400. The molecule has 0 amide bonds. The molecule has 2 nitrogen and oxygen atoms in total. The van der Waals surface area contributed by atoms with Crippen molar-refractivity contribution in [3.8, 4) is 0 Å². The van der Waals surface area contributed by atoms with Crippen molar-refractivity contribution in [2.75, 3.05) is 12.3 Å². The molecular formula is C10H14ClNOS. The van der Waals surface area contributed by atoms with E-state index in [1.165, 1.54) is 0 Å². The Bertz CT molecular complexity index is 304. The molecule has 78 valence electrons. The minimum Gasteiger partial charge on any atom is -0.388 e. The number of nitrogens with two attached hydrogens (primary N) is 1. The van der Waals surface area contributed by atoms with Gasteiger partial charge in [0, 0.05) is 22.2 Å². The van der Waals surface area contributed by atoms with E-state index in [4.69, 9.17) is 17.3 Å². The van der Waals surface area contributed by atoms with Crippen LogP contribution in [0.5, 0.6) is 0 Å². The molecule has 0 bridgehead atoms. The van der Waals surface area contributed by atoms with Crippen molar-refractivity contribution in [3.05, 3.63) is 29.3 Å². The summed E-state index contributed by atoms with van der Waals surface area (Å²) in [5.41, 5.74) is 4.60. The first kappa shape index (κ1) is 11.9. The summed E-state index contributed by atoms with van der Waals surface area (Å²) in [6.07, 6.45) is 0. The van der Waals surface area contributed by atoms with Crippen LogP contribution < -0.4 is 5.73 Å².